The topological polar surface area (TPSA) is 77.2 Å². The Hall–Kier alpha value is -1.62. The predicted molar refractivity (Wildman–Crippen MR) is 60.8 cm³/mol. The van der Waals surface area contributed by atoms with E-state index in [1.54, 1.807) is 12.1 Å². The zero-order valence-corrected chi connectivity index (χ0v) is 9.14. The van der Waals surface area contributed by atoms with Gasteiger partial charge in [0.2, 0.25) is 0 Å². The summed E-state index contributed by atoms with van der Waals surface area (Å²) in [4.78, 5) is 15.6. The molecule has 0 radical (unpaired) electrons. The summed E-state index contributed by atoms with van der Waals surface area (Å²) >= 11 is 0. The van der Waals surface area contributed by atoms with Crippen LogP contribution in [0.15, 0.2) is 18.3 Å². The predicted octanol–water partition coefficient (Wildman–Crippen LogP) is 1.17. The molecular weight excluding hydrogens is 206 g/mol. The van der Waals surface area contributed by atoms with Gasteiger partial charge in [0.25, 0.3) is 5.91 Å². The Kier molecular flexibility index (Phi) is 3.05. The Balaban J connectivity index is 1.94. The second-order valence-corrected chi connectivity index (χ2v) is 3.97. The second kappa shape index (κ2) is 4.49. The third-order valence-electron chi connectivity index (χ3n) is 2.58. The molecule has 1 fully saturated rings. The number of nitrogen functional groups attached to an aromatic ring is 1. The second-order valence-electron chi connectivity index (χ2n) is 3.97. The van der Waals surface area contributed by atoms with Crippen LogP contribution in [-0.4, -0.2) is 23.1 Å². The number of hydrogen-bond donors (Lipinski definition) is 2. The Morgan fingerprint density at radius 1 is 1.56 bits per heavy atom. The number of aromatic nitrogens is 1. The molecule has 2 atom stereocenters. The summed E-state index contributed by atoms with van der Waals surface area (Å²) in [5, 5.41) is 2.75. The number of hydrogen-bond acceptors (Lipinski definition) is 4. The molecule has 0 bridgehead atoms. The summed E-state index contributed by atoms with van der Waals surface area (Å²) in [7, 11) is 0. The normalized spacial score (nSPS) is 24.3. The van der Waals surface area contributed by atoms with Gasteiger partial charge in [-0.2, -0.15) is 0 Å². The number of ether oxygens (including phenoxy) is 1. The molecule has 1 aliphatic rings. The lowest BCUT2D eigenvalue weighted by molar-refractivity contribution is -0.126. The van der Waals surface area contributed by atoms with E-state index in [0.29, 0.717) is 11.5 Å². The third kappa shape index (κ3) is 2.49. The monoisotopic (exact) mass is 221 g/mol. The Bertz CT molecular complexity index is 377. The zero-order chi connectivity index (χ0) is 11.5. The van der Waals surface area contributed by atoms with Crippen molar-refractivity contribution in [1.82, 2.24) is 4.98 Å². The van der Waals surface area contributed by atoms with Crippen molar-refractivity contribution in [2.24, 2.45) is 0 Å². The van der Waals surface area contributed by atoms with E-state index in [2.05, 4.69) is 10.3 Å². The van der Waals surface area contributed by atoms with Crippen LogP contribution < -0.4 is 11.1 Å². The molecule has 0 aromatic carbocycles. The molecule has 1 aromatic heterocycles. The van der Waals surface area contributed by atoms with E-state index in [0.717, 1.165) is 12.8 Å². The highest BCUT2D eigenvalue weighted by Crippen LogP contribution is 2.20. The minimum Gasteiger partial charge on any atom is -0.384 e. The number of carbonyl (C=O) groups excluding carboxylic acids is 1. The number of pyridine rings is 1. The lowest BCUT2D eigenvalue weighted by Gasteiger charge is -2.11. The van der Waals surface area contributed by atoms with Gasteiger partial charge in [-0.25, -0.2) is 4.98 Å². The molecule has 0 aliphatic carbocycles. The smallest absolute Gasteiger partial charge is 0.253 e. The van der Waals surface area contributed by atoms with Gasteiger partial charge < -0.3 is 15.8 Å². The molecule has 1 saturated heterocycles. The van der Waals surface area contributed by atoms with Gasteiger partial charge in [-0.15, -0.1) is 0 Å². The molecule has 3 N–H and O–H groups in total. The van der Waals surface area contributed by atoms with Crippen molar-refractivity contribution < 1.29 is 9.53 Å². The van der Waals surface area contributed by atoms with Crippen LogP contribution in [0, 0.1) is 0 Å². The van der Waals surface area contributed by atoms with E-state index in [9.17, 15) is 4.79 Å². The summed E-state index contributed by atoms with van der Waals surface area (Å²) in [5.74, 6) is 0.319. The fraction of sp³-hybridized carbons (Fsp3) is 0.455. The first-order chi connectivity index (χ1) is 7.65. The van der Waals surface area contributed by atoms with Crippen LogP contribution in [-0.2, 0) is 9.53 Å². The molecule has 5 nitrogen and oxygen atoms in total. The highest BCUT2D eigenvalue weighted by Gasteiger charge is 2.28. The average Bonchev–Trinajstić information content (AvgIpc) is 2.68. The van der Waals surface area contributed by atoms with E-state index in [4.69, 9.17) is 10.5 Å². The summed E-state index contributed by atoms with van der Waals surface area (Å²) in [6, 6.07) is 3.37. The highest BCUT2D eigenvalue weighted by molar-refractivity contribution is 5.94. The standard InChI is InChI=1S/C11H15N3O2/c1-7-2-4-9(16-7)11(15)14-8-3-5-10(12)13-6-8/h3,5-7,9H,2,4H2,1H3,(H2,12,13)(H,14,15). The first-order valence-corrected chi connectivity index (χ1v) is 5.33. The Morgan fingerprint density at radius 2 is 2.38 bits per heavy atom. The third-order valence-corrected chi connectivity index (χ3v) is 2.58. The maximum absolute atomic E-state index is 11.8. The van der Waals surface area contributed by atoms with E-state index >= 15 is 0 Å². The fourth-order valence-electron chi connectivity index (χ4n) is 1.70. The van der Waals surface area contributed by atoms with Crippen molar-refractivity contribution in [1.29, 1.82) is 0 Å². The first-order valence-electron chi connectivity index (χ1n) is 5.33. The number of anilines is 2. The van der Waals surface area contributed by atoms with Crippen molar-refractivity contribution in [2.45, 2.75) is 32.0 Å². The molecule has 0 spiro atoms. The molecule has 1 aliphatic heterocycles. The lowest BCUT2D eigenvalue weighted by atomic mass is 10.2. The molecule has 2 unspecified atom stereocenters. The van der Waals surface area contributed by atoms with Gasteiger partial charge in [0.1, 0.15) is 11.9 Å². The Morgan fingerprint density at radius 3 is 2.94 bits per heavy atom. The Labute approximate surface area is 94.0 Å². The van der Waals surface area contributed by atoms with Crippen molar-refractivity contribution in [3.8, 4) is 0 Å². The van der Waals surface area contributed by atoms with Crippen LogP contribution in [0.25, 0.3) is 0 Å². The number of amides is 1. The molecule has 86 valence electrons. The molecule has 0 saturated carbocycles. The van der Waals surface area contributed by atoms with Crippen LogP contribution in [0.3, 0.4) is 0 Å². The largest absolute Gasteiger partial charge is 0.384 e. The van der Waals surface area contributed by atoms with Gasteiger partial charge in [-0.1, -0.05) is 0 Å². The summed E-state index contributed by atoms with van der Waals surface area (Å²) in [6.07, 6.45) is 3.06. The number of nitrogens with zero attached hydrogens (tertiary/aromatic N) is 1. The van der Waals surface area contributed by atoms with Gasteiger partial charge in [-0.3, -0.25) is 4.79 Å². The number of carbonyl (C=O) groups is 1. The van der Waals surface area contributed by atoms with Crippen molar-refractivity contribution in [2.75, 3.05) is 11.1 Å². The van der Waals surface area contributed by atoms with Gasteiger partial charge in [-0.05, 0) is 31.9 Å². The molecule has 2 heterocycles. The minimum atomic E-state index is -0.340. The zero-order valence-electron chi connectivity index (χ0n) is 9.14. The van der Waals surface area contributed by atoms with Crippen molar-refractivity contribution >= 4 is 17.4 Å². The minimum absolute atomic E-state index is 0.115. The van der Waals surface area contributed by atoms with E-state index in [1.807, 2.05) is 6.92 Å². The fourth-order valence-corrected chi connectivity index (χ4v) is 1.70. The molecule has 1 aromatic rings. The van der Waals surface area contributed by atoms with Crippen LogP contribution in [0.2, 0.25) is 0 Å². The van der Waals surface area contributed by atoms with Crippen LogP contribution >= 0.6 is 0 Å². The molecular formula is C11H15N3O2. The van der Waals surface area contributed by atoms with Gasteiger partial charge in [0.05, 0.1) is 18.0 Å². The SMILES string of the molecule is CC1CCC(C(=O)Nc2ccc(N)nc2)O1. The quantitative estimate of drug-likeness (QED) is 0.785. The summed E-state index contributed by atoms with van der Waals surface area (Å²) < 4.78 is 5.46. The van der Waals surface area contributed by atoms with Crippen molar-refractivity contribution in [3.63, 3.8) is 0 Å². The van der Waals surface area contributed by atoms with Gasteiger partial charge in [0, 0.05) is 0 Å². The van der Waals surface area contributed by atoms with Gasteiger partial charge >= 0.3 is 0 Å². The molecule has 5 heteroatoms. The highest BCUT2D eigenvalue weighted by atomic mass is 16.5. The molecule has 2 rings (SSSR count). The van der Waals surface area contributed by atoms with Crippen molar-refractivity contribution in [3.05, 3.63) is 18.3 Å². The summed E-state index contributed by atoms with van der Waals surface area (Å²) in [5.41, 5.74) is 6.09. The molecule has 16 heavy (non-hydrogen) atoms. The van der Waals surface area contributed by atoms with Gasteiger partial charge in [0.15, 0.2) is 0 Å². The number of rotatable bonds is 2. The van der Waals surface area contributed by atoms with E-state index < -0.39 is 0 Å². The summed E-state index contributed by atoms with van der Waals surface area (Å²) in [6.45, 7) is 1.97. The average molecular weight is 221 g/mol. The van der Waals surface area contributed by atoms with E-state index in [-0.39, 0.29) is 18.1 Å². The molecule has 1 amide bonds. The van der Waals surface area contributed by atoms with Crippen LogP contribution in [0.4, 0.5) is 11.5 Å². The van der Waals surface area contributed by atoms with E-state index in [1.165, 1.54) is 6.20 Å². The van der Waals surface area contributed by atoms with Crippen LogP contribution in [0.5, 0.6) is 0 Å². The lowest BCUT2D eigenvalue weighted by Crippen LogP contribution is -2.27. The number of nitrogens with one attached hydrogen (secondary N) is 1. The van der Waals surface area contributed by atoms with Crippen LogP contribution in [0.1, 0.15) is 19.8 Å². The maximum atomic E-state index is 11.8. The number of nitrogens with two attached hydrogens (primary N) is 1. The maximum Gasteiger partial charge on any atom is 0.253 e. The first kappa shape index (κ1) is 10.9.